The highest BCUT2D eigenvalue weighted by Gasteiger charge is 2.25. The van der Waals surface area contributed by atoms with Crippen molar-refractivity contribution >= 4 is 17.3 Å². The molecule has 0 radical (unpaired) electrons. The molecule has 96 valence electrons. The highest BCUT2D eigenvalue weighted by molar-refractivity contribution is 6.31. The Bertz CT molecular complexity index is 368. The topological polar surface area (TPSA) is 35.2 Å². The molecule has 0 aliphatic heterocycles. The van der Waals surface area contributed by atoms with Crippen LogP contribution in [0.5, 0.6) is 0 Å². The fraction of sp³-hybridized carbons (Fsp3) is 0.455. The lowest BCUT2D eigenvalue weighted by molar-refractivity contribution is -0.138. The summed E-state index contributed by atoms with van der Waals surface area (Å²) in [5.74, 6) is 0. The average molecular weight is 268 g/mol. The number of hydrogen-bond acceptors (Lipinski definition) is 2. The number of anilines is 1. The van der Waals surface area contributed by atoms with Gasteiger partial charge in [0.2, 0.25) is 0 Å². The van der Waals surface area contributed by atoms with E-state index in [1.807, 2.05) is 0 Å². The monoisotopic (exact) mass is 267 g/mol. The number of rotatable bonds is 5. The van der Waals surface area contributed by atoms with Crippen LogP contribution in [-0.2, 0) is 11.3 Å². The number of halogens is 4. The fourth-order valence-electron chi connectivity index (χ4n) is 1.24. The van der Waals surface area contributed by atoms with Crippen LogP contribution in [0.4, 0.5) is 18.9 Å². The maximum Gasteiger partial charge on any atom is 0.389 e. The van der Waals surface area contributed by atoms with Crippen molar-refractivity contribution in [2.75, 3.05) is 12.3 Å². The van der Waals surface area contributed by atoms with Gasteiger partial charge in [0.15, 0.2) is 0 Å². The fourth-order valence-corrected chi connectivity index (χ4v) is 1.48. The molecule has 17 heavy (non-hydrogen) atoms. The van der Waals surface area contributed by atoms with E-state index in [-0.39, 0.29) is 19.6 Å². The third-order valence-corrected chi connectivity index (χ3v) is 2.44. The first-order chi connectivity index (χ1) is 7.88. The quantitative estimate of drug-likeness (QED) is 0.651. The number of nitrogens with two attached hydrogens (primary N) is 1. The minimum Gasteiger partial charge on any atom is -0.399 e. The molecule has 0 aliphatic carbocycles. The van der Waals surface area contributed by atoms with Gasteiger partial charge in [-0.2, -0.15) is 13.2 Å². The molecule has 0 saturated carbocycles. The summed E-state index contributed by atoms with van der Waals surface area (Å²) in [5.41, 5.74) is 6.75. The van der Waals surface area contributed by atoms with Crippen molar-refractivity contribution in [2.45, 2.75) is 25.6 Å². The van der Waals surface area contributed by atoms with Gasteiger partial charge in [0.05, 0.1) is 6.61 Å². The molecule has 1 rings (SSSR count). The first-order valence-corrected chi connectivity index (χ1v) is 5.45. The first-order valence-electron chi connectivity index (χ1n) is 5.07. The molecular formula is C11H13ClF3NO. The summed E-state index contributed by atoms with van der Waals surface area (Å²) in [6.07, 6.45) is -5.00. The molecule has 0 unspecified atom stereocenters. The third kappa shape index (κ3) is 5.79. The first kappa shape index (κ1) is 14.1. The van der Waals surface area contributed by atoms with Gasteiger partial charge >= 0.3 is 6.18 Å². The van der Waals surface area contributed by atoms with Crippen LogP contribution >= 0.6 is 11.6 Å². The molecule has 0 aromatic heterocycles. The molecule has 0 aliphatic rings. The van der Waals surface area contributed by atoms with Gasteiger partial charge in [0.1, 0.15) is 0 Å². The van der Waals surface area contributed by atoms with Gasteiger partial charge in [-0.05, 0) is 24.1 Å². The molecule has 0 saturated heterocycles. The third-order valence-electron chi connectivity index (χ3n) is 2.08. The zero-order valence-electron chi connectivity index (χ0n) is 9.06. The van der Waals surface area contributed by atoms with Crippen molar-refractivity contribution in [1.29, 1.82) is 0 Å². The molecule has 2 N–H and O–H groups in total. The molecule has 1 aromatic rings. The molecule has 0 bridgehead atoms. The maximum absolute atomic E-state index is 11.8. The van der Waals surface area contributed by atoms with E-state index in [4.69, 9.17) is 22.1 Å². The van der Waals surface area contributed by atoms with Crippen LogP contribution in [0.1, 0.15) is 18.4 Å². The van der Waals surface area contributed by atoms with Crippen LogP contribution in [0, 0.1) is 0 Å². The Balaban J connectivity index is 2.27. The van der Waals surface area contributed by atoms with Gasteiger partial charge in [-0.25, -0.2) is 0 Å². The van der Waals surface area contributed by atoms with Crippen molar-refractivity contribution in [3.8, 4) is 0 Å². The van der Waals surface area contributed by atoms with Crippen molar-refractivity contribution < 1.29 is 17.9 Å². The molecule has 0 fully saturated rings. The van der Waals surface area contributed by atoms with Crippen LogP contribution in [0.25, 0.3) is 0 Å². The lowest BCUT2D eigenvalue weighted by atomic mass is 10.2. The summed E-state index contributed by atoms with van der Waals surface area (Å²) >= 11 is 5.87. The van der Waals surface area contributed by atoms with E-state index in [2.05, 4.69) is 0 Å². The Hall–Kier alpha value is -0.940. The zero-order chi connectivity index (χ0) is 12.9. The average Bonchev–Trinajstić information content (AvgIpc) is 2.18. The van der Waals surface area contributed by atoms with Crippen LogP contribution in [0.3, 0.4) is 0 Å². The van der Waals surface area contributed by atoms with Gasteiger partial charge in [0, 0.05) is 23.7 Å². The lowest BCUT2D eigenvalue weighted by Crippen LogP contribution is -2.08. The molecular weight excluding hydrogens is 255 g/mol. The van der Waals surface area contributed by atoms with E-state index in [0.29, 0.717) is 16.3 Å². The molecule has 1 aromatic carbocycles. The number of nitrogen functional groups attached to an aromatic ring is 1. The van der Waals surface area contributed by atoms with Crippen molar-refractivity contribution in [1.82, 2.24) is 0 Å². The van der Waals surface area contributed by atoms with Gasteiger partial charge in [-0.15, -0.1) is 0 Å². The summed E-state index contributed by atoms with van der Waals surface area (Å²) in [4.78, 5) is 0. The normalized spacial score (nSPS) is 11.8. The van der Waals surface area contributed by atoms with Crippen molar-refractivity contribution in [3.05, 3.63) is 28.8 Å². The Morgan fingerprint density at radius 3 is 2.59 bits per heavy atom. The van der Waals surface area contributed by atoms with Crippen LogP contribution in [0.2, 0.25) is 5.02 Å². The van der Waals surface area contributed by atoms with Gasteiger partial charge in [0.25, 0.3) is 0 Å². The minimum absolute atomic E-state index is 0.0455. The Labute approximate surface area is 103 Å². The SMILES string of the molecule is Nc1ccc(COCCCC(F)(F)F)c(Cl)c1. The number of benzene rings is 1. The van der Waals surface area contributed by atoms with E-state index in [9.17, 15) is 13.2 Å². The summed E-state index contributed by atoms with van der Waals surface area (Å²) in [6.45, 7) is 0.247. The van der Waals surface area contributed by atoms with E-state index in [1.54, 1.807) is 18.2 Å². The van der Waals surface area contributed by atoms with E-state index in [1.165, 1.54) is 0 Å². The second kappa shape index (κ2) is 6.12. The van der Waals surface area contributed by atoms with Crippen molar-refractivity contribution in [3.63, 3.8) is 0 Å². The summed E-state index contributed by atoms with van der Waals surface area (Å²) in [6, 6.07) is 4.94. The van der Waals surface area contributed by atoms with Gasteiger partial charge in [-0.1, -0.05) is 17.7 Å². The smallest absolute Gasteiger partial charge is 0.389 e. The Morgan fingerprint density at radius 2 is 2.00 bits per heavy atom. The van der Waals surface area contributed by atoms with E-state index < -0.39 is 12.6 Å². The number of alkyl halides is 3. The van der Waals surface area contributed by atoms with E-state index >= 15 is 0 Å². The largest absolute Gasteiger partial charge is 0.399 e. The van der Waals surface area contributed by atoms with E-state index in [0.717, 1.165) is 0 Å². The molecule has 6 heteroatoms. The second-order valence-electron chi connectivity index (χ2n) is 3.62. The Kier molecular flexibility index (Phi) is 5.08. The lowest BCUT2D eigenvalue weighted by Gasteiger charge is -2.08. The maximum atomic E-state index is 11.8. The van der Waals surface area contributed by atoms with Crippen molar-refractivity contribution in [2.24, 2.45) is 0 Å². The number of ether oxygens (including phenoxy) is 1. The zero-order valence-corrected chi connectivity index (χ0v) is 9.81. The van der Waals surface area contributed by atoms with Crippen LogP contribution in [0.15, 0.2) is 18.2 Å². The molecule has 0 heterocycles. The molecule has 2 nitrogen and oxygen atoms in total. The van der Waals surface area contributed by atoms with Crippen LogP contribution < -0.4 is 5.73 Å². The number of hydrogen-bond donors (Lipinski definition) is 1. The summed E-state index contributed by atoms with van der Waals surface area (Å²) < 4.78 is 40.6. The predicted octanol–water partition coefficient (Wildman–Crippen LogP) is 3.78. The predicted molar refractivity (Wildman–Crippen MR) is 60.8 cm³/mol. The van der Waals surface area contributed by atoms with Crippen LogP contribution in [-0.4, -0.2) is 12.8 Å². The second-order valence-corrected chi connectivity index (χ2v) is 4.03. The molecule has 0 amide bonds. The Morgan fingerprint density at radius 1 is 1.29 bits per heavy atom. The van der Waals surface area contributed by atoms with Gasteiger partial charge < -0.3 is 10.5 Å². The summed E-state index contributed by atoms with van der Waals surface area (Å²) in [5, 5.41) is 0.459. The van der Waals surface area contributed by atoms with Gasteiger partial charge in [-0.3, -0.25) is 0 Å². The standard InChI is InChI=1S/C11H13ClF3NO/c12-10-6-9(16)3-2-8(10)7-17-5-1-4-11(13,14)15/h2-3,6H,1,4-5,7,16H2. The summed E-state index contributed by atoms with van der Waals surface area (Å²) in [7, 11) is 0. The highest BCUT2D eigenvalue weighted by Crippen LogP contribution is 2.22. The molecule has 0 spiro atoms. The minimum atomic E-state index is -4.12. The highest BCUT2D eigenvalue weighted by atomic mass is 35.5. The molecule has 0 atom stereocenters.